The highest BCUT2D eigenvalue weighted by atomic mass is 19.1. The minimum absolute atomic E-state index is 0.0628. The lowest BCUT2D eigenvalue weighted by Crippen LogP contribution is -2.34. The van der Waals surface area contributed by atoms with E-state index in [0.29, 0.717) is 24.0 Å². The van der Waals surface area contributed by atoms with Gasteiger partial charge in [-0.15, -0.1) is 0 Å². The molecule has 5 rings (SSSR count). The lowest BCUT2D eigenvalue weighted by atomic mass is 9.95. The van der Waals surface area contributed by atoms with E-state index >= 15 is 0 Å². The van der Waals surface area contributed by atoms with E-state index in [1.165, 1.54) is 30.8 Å². The molecule has 1 fully saturated rings. The van der Waals surface area contributed by atoms with Crippen LogP contribution in [0.4, 0.5) is 10.1 Å². The third-order valence-electron chi connectivity index (χ3n) is 7.19. The van der Waals surface area contributed by atoms with E-state index in [4.69, 9.17) is 0 Å². The van der Waals surface area contributed by atoms with Crippen molar-refractivity contribution < 1.29 is 14.0 Å². The van der Waals surface area contributed by atoms with E-state index in [2.05, 4.69) is 44.4 Å². The summed E-state index contributed by atoms with van der Waals surface area (Å²) in [6.07, 6.45) is 6.22. The van der Waals surface area contributed by atoms with Crippen LogP contribution in [0.25, 0.3) is 22.3 Å². The summed E-state index contributed by atoms with van der Waals surface area (Å²) in [5, 5.41) is 10.4. The van der Waals surface area contributed by atoms with Crippen LogP contribution in [0.3, 0.4) is 0 Å². The van der Waals surface area contributed by atoms with Crippen LogP contribution in [0.2, 0.25) is 0 Å². The van der Waals surface area contributed by atoms with Gasteiger partial charge in [0.05, 0.1) is 23.1 Å². The van der Waals surface area contributed by atoms with Gasteiger partial charge in [0.2, 0.25) is 0 Å². The average Bonchev–Trinajstić information content (AvgIpc) is 3.64. The van der Waals surface area contributed by atoms with Crippen molar-refractivity contribution in [3.8, 4) is 11.3 Å². The Morgan fingerprint density at radius 2 is 2.00 bits per heavy atom. The molecular formula is C28H32FN7O2. The second-order valence-corrected chi connectivity index (χ2v) is 10.2. The van der Waals surface area contributed by atoms with Gasteiger partial charge >= 0.3 is 0 Å². The number of likely N-dealkylation sites (tertiary alicyclic amines) is 1. The lowest BCUT2D eigenvalue weighted by molar-refractivity contribution is 0.0948. The number of carbonyl (C=O) groups excluding carboxylic acids is 2. The monoisotopic (exact) mass is 517 g/mol. The highest BCUT2D eigenvalue weighted by Gasteiger charge is 2.24. The Kier molecular flexibility index (Phi) is 7.24. The van der Waals surface area contributed by atoms with Crippen LogP contribution in [-0.4, -0.2) is 62.6 Å². The number of nitrogens with one attached hydrogen (secondary N) is 3. The van der Waals surface area contributed by atoms with E-state index in [0.717, 1.165) is 36.3 Å². The normalized spacial score (nSPS) is 15.9. The van der Waals surface area contributed by atoms with Crippen LogP contribution < -0.4 is 10.6 Å². The fourth-order valence-corrected chi connectivity index (χ4v) is 4.85. The number of amides is 2. The molecule has 0 radical (unpaired) electrons. The molecule has 0 aliphatic carbocycles. The van der Waals surface area contributed by atoms with Crippen LogP contribution in [-0.2, 0) is 7.05 Å². The molecule has 198 valence electrons. The van der Waals surface area contributed by atoms with Gasteiger partial charge in [-0.2, -0.15) is 5.10 Å². The zero-order valence-corrected chi connectivity index (χ0v) is 21.8. The van der Waals surface area contributed by atoms with E-state index in [9.17, 15) is 14.0 Å². The number of rotatable bonds is 8. The SMILES string of the molecule is CC(C)[C@H]1CCN(CCNC(=O)c2ccc(F)c(NC(=O)c3cnc4[nH]c(-c5cnn(C)c5)cc4c3)c2)C1. The molecule has 1 aromatic carbocycles. The van der Waals surface area contributed by atoms with Crippen molar-refractivity contribution in [2.24, 2.45) is 18.9 Å². The first kappa shape index (κ1) is 25.6. The molecule has 4 heterocycles. The topological polar surface area (TPSA) is 108 Å². The van der Waals surface area contributed by atoms with Gasteiger partial charge in [-0.25, -0.2) is 9.37 Å². The quantitative estimate of drug-likeness (QED) is 0.327. The minimum Gasteiger partial charge on any atom is -0.351 e. The number of carbonyl (C=O) groups is 2. The minimum atomic E-state index is -0.624. The van der Waals surface area contributed by atoms with Crippen molar-refractivity contribution >= 4 is 28.5 Å². The van der Waals surface area contributed by atoms with Crippen molar-refractivity contribution in [1.82, 2.24) is 30.0 Å². The number of fused-ring (bicyclic) bond motifs is 1. The molecule has 1 aliphatic rings. The Morgan fingerprint density at radius 3 is 2.74 bits per heavy atom. The third-order valence-corrected chi connectivity index (χ3v) is 7.19. The van der Waals surface area contributed by atoms with Crippen LogP contribution >= 0.6 is 0 Å². The first-order valence-electron chi connectivity index (χ1n) is 12.9. The van der Waals surface area contributed by atoms with Gasteiger partial charge in [-0.1, -0.05) is 13.8 Å². The number of hydrogen-bond donors (Lipinski definition) is 3. The molecule has 1 saturated heterocycles. The first-order valence-corrected chi connectivity index (χ1v) is 12.9. The standard InChI is InChI=1S/C28H32FN7O2/c1-17(2)19-6-8-36(16-19)9-7-30-27(37)18-4-5-23(29)25(11-18)34-28(38)21-10-20-12-24(33-26(20)31-13-21)22-14-32-35(3)15-22/h4-5,10-15,17,19H,6-9,16H2,1-3H3,(H,30,37)(H,31,33)(H,34,38)/t19-/m0/s1. The maximum Gasteiger partial charge on any atom is 0.257 e. The van der Waals surface area contributed by atoms with Crippen LogP contribution in [0.5, 0.6) is 0 Å². The number of benzene rings is 1. The van der Waals surface area contributed by atoms with Crippen molar-refractivity contribution in [2.75, 3.05) is 31.5 Å². The highest BCUT2D eigenvalue weighted by molar-refractivity contribution is 6.06. The van der Waals surface area contributed by atoms with E-state index in [-0.39, 0.29) is 22.7 Å². The molecule has 3 aromatic heterocycles. The number of H-pyrrole nitrogens is 1. The fraction of sp³-hybridized carbons (Fsp3) is 0.357. The summed E-state index contributed by atoms with van der Waals surface area (Å²) in [6, 6.07) is 7.53. The number of aryl methyl sites for hydroxylation is 1. The number of halogens is 1. The molecule has 0 bridgehead atoms. The van der Waals surface area contributed by atoms with Crippen molar-refractivity contribution in [2.45, 2.75) is 20.3 Å². The van der Waals surface area contributed by atoms with Crippen molar-refractivity contribution in [3.63, 3.8) is 0 Å². The summed E-state index contributed by atoms with van der Waals surface area (Å²) >= 11 is 0. The van der Waals surface area contributed by atoms with Crippen molar-refractivity contribution in [3.05, 3.63) is 65.9 Å². The molecule has 1 atom stereocenters. The Morgan fingerprint density at radius 1 is 1.16 bits per heavy atom. The van der Waals surface area contributed by atoms with Gasteiger partial charge in [-0.05, 0) is 55.1 Å². The van der Waals surface area contributed by atoms with E-state index in [1.54, 1.807) is 16.9 Å². The number of nitrogens with zero attached hydrogens (tertiary/aromatic N) is 4. The van der Waals surface area contributed by atoms with Crippen LogP contribution in [0, 0.1) is 17.7 Å². The fourth-order valence-electron chi connectivity index (χ4n) is 4.85. The van der Waals surface area contributed by atoms with Crippen LogP contribution in [0.15, 0.2) is 48.9 Å². The molecule has 10 heteroatoms. The van der Waals surface area contributed by atoms with E-state index < -0.39 is 11.7 Å². The molecule has 1 aliphatic heterocycles. The number of hydrogen-bond acceptors (Lipinski definition) is 5. The predicted molar refractivity (Wildman–Crippen MR) is 144 cm³/mol. The Balaban J connectivity index is 1.22. The second-order valence-electron chi connectivity index (χ2n) is 10.2. The summed E-state index contributed by atoms with van der Waals surface area (Å²) in [6.45, 7) is 7.86. The maximum atomic E-state index is 14.5. The molecule has 2 amide bonds. The van der Waals surface area contributed by atoms with E-state index in [1.807, 2.05) is 19.3 Å². The zero-order valence-electron chi connectivity index (χ0n) is 21.8. The summed E-state index contributed by atoms with van der Waals surface area (Å²) < 4.78 is 16.2. The third kappa shape index (κ3) is 5.60. The Labute approximate surface area is 220 Å². The lowest BCUT2D eigenvalue weighted by Gasteiger charge is -2.18. The second kappa shape index (κ2) is 10.7. The van der Waals surface area contributed by atoms with Gasteiger partial charge < -0.3 is 20.5 Å². The summed E-state index contributed by atoms with van der Waals surface area (Å²) in [4.78, 5) is 35.5. The molecular weight excluding hydrogens is 485 g/mol. The number of aromatic amines is 1. The number of anilines is 1. The Bertz CT molecular complexity index is 1480. The largest absolute Gasteiger partial charge is 0.351 e. The molecule has 38 heavy (non-hydrogen) atoms. The van der Waals surface area contributed by atoms with Gasteiger partial charge in [0.1, 0.15) is 11.5 Å². The zero-order chi connectivity index (χ0) is 26.8. The Hall–Kier alpha value is -4.05. The molecule has 3 N–H and O–H groups in total. The molecule has 0 saturated carbocycles. The predicted octanol–water partition coefficient (Wildman–Crippen LogP) is 4.06. The van der Waals surface area contributed by atoms with Gasteiger partial charge in [0.25, 0.3) is 11.8 Å². The molecule has 0 spiro atoms. The number of pyridine rings is 1. The smallest absolute Gasteiger partial charge is 0.257 e. The summed E-state index contributed by atoms with van der Waals surface area (Å²) in [7, 11) is 1.83. The highest BCUT2D eigenvalue weighted by Crippen LogP contribution is 2.25. The number of aromatic nitrogens is 4. The molecule has 4 aromatic rings. The van der Waals surface area contributed by atoms with Crippen molar-refractivity contribution in [1.29, 1.82) is 0 Å². The van der Waals surface area contributed by atoms with Gasteiger partial charge in [0.15, 0.2) is 0 Å². The molecule has 9 nitrogen and oxygen atoms in total. The molecule has 0 unspecified atom stereocenters. The van der Waals surface area contributed by atoms with Gasteiger partial charge in [-0.3, -0.25) is 14.3 Å². The van der Waals surface area contributed by atoms with Crippen LogP contribution in [0.1, 0.15) is 41.0 Å². The summed E-state index contributed by atoms with van der Waals surface area (Å²) in [5.74, 6) is -0.0915. The summed E-state index contributed by atoms with van der Waals surface area (Å²) in [5.41, 5.74) is 2.84. The van der Waals surface area contributed by atoms with Gasteiger partial charge in [0, 0.05) is 55.6 Å². The maximum absolute atomic E-state index is 14.5. The first-order chi connectivity index (χ1) is 18.3. The average molecular weight is 518 g/mol.